The first-order chi connectivity index (χ1) is 13.6. The number of likely N-dealkylation sites (tertiary alicyclic amines) is 1. The topological polar surface area (TPSA) is 59.2 Å². The highest BCUT2D eigenvalue weighted by atomic mass is 19.1. The monoisotopic (exact) mass is 379 g/mol. The van der Waals surface area contributed by atoms with Gasteiger partial charge in [-0.3, -0.25) is 4.79 Å². The Morgan fingerprint density at radius 3 is 2.57 bits per heavy atom. The smallest absolute Gasteiger partial charge is 0.266 e. The van der Waals surface area contributed by atoms with Crippen molar-refractivity contribution < 1.29 is 13.7 Å². The molecule has 4 rings (SSSR count). The summed E-state index contributed by atoms with van der Waals surface area (Å²) in [5.41, 5.74) is 0.0669. The number of rotatable bonds is 5. The first kappa shape index (κ1) is 18.3. The fraction of sp³-hybridized carbons (Fsp3) is 0.318. The fourth-order valence-electron chi connectivity index (χ4n) is 3.56. The summed E-state index contributed by atoms with van der Waals surface area (Å²) in [6.45, 7) is 0.510. The van der Waals surface area contributed by atoms with Crippen molar-refractivity contribution in [2.75, 3.05) is 13.1 Å². The standard InChI is InChI=1S/C22H22FN3O2/c23-22(21-24-20(25-28-21)18-10-5-2-6-11-18)14-7-15-26(16-22)19(27)13-12-17-8-3-1-4-9-17/h1-6,8-11H,7,12-16H2. The highest BCUT2D eigenvalue weighted by Crippen LogP contribution is 2.35. The number of alkyl halides is 1. The lowest BCUT2D eigenvalue weighted by atomic mass is 9.94. The molecule has 0 radical (unpaired) electrons. The molecule has 3 aromatic rings. The number of halogens is 1. The molecule has 1 unspecified atom stereocenters. The van der Waals surface area contributed by atoms with Crippen molar-refractivity contribution in [2.24, 2.45) is 0 Å². The summed E-state index contributed by atoms with van der Waals surface area (Å²) in [5, 5.41) is 3.92. The van der Waals surface area contributed by atoms with Crippen LogP contribution in [0.5, 0.6) is 0 Å². The number of carbonyl (C=O) groups is 1. The number of piperidine rings is 1. The second-order valence-corrected chi connectivity index (χ2v) is 7.16. The summed E-state index contributed by atoms with van der Waals surface area (Å²) in [6.07, 6.45) is 1.84. The molecule has 1 amide bonds. The van der Waals surface area contributed by atoms with E-state index in [0.29, 0.717) is 31.6 Å². The van der Waals surface area contributed by atoms with E-state index in [2.05, 4.69) is 10.1 Å². The molecule has 0 spiro atoms. The van der Waals surface area contributed by atoms with Crippen molar-refractivity contribution in [3.05, 3.63) is 72.1 Å². The summed E-state index contributed by atoms with van der Waals surface area (Å²) >= 11 is 0. The van der Waals surface area contributed by atoms with Gasteiger partial charge in [-0.15, -0.1) is 0 Å². The molecule has 0 N–H and O–H groups in total. The maximum Gasteiger partial charge on any atom is 0.266 e. The Bertz CT molecular complexity index is 929. The van der Waals surface area contributed by atoms with Crippen LogP contribution in [-0.2, 0) is 16.9 Å². The molecule has 0 aliphatic carbocycles. The van der Waals surface area contributed by atoms with Gasteiger partial charge in [-0.1, -0.05) is 65.8 Å². The van der Waals surface area contributed by atoms with E-state index in [4.69, 9.17) is 4.52 Å². The van der Waals surface area contributed by atoms with Crippen LogP contribution < -0.4 is 0 Å². The predicted molar refractivity (Wildman–Crippen MR) is 103 cm³/mol. The van der Waals surface area contributed by atoms with E-state index in [-0.39, 0.29) is 24.8 Å². The van der Waals surface area contributed by atoms with E-state index in [1.807, 2.05) is 60.7 Å². The van der Waals surface area contributed by atoms with Gasteiger partial charge in [0.2, 0.25) is 17.4 Å². The van der Waals surface area contributed by atoms with Gasteiger partial charge in [0, 0.05) is 18.5 Å². The summed E-state index contributed by atoms with van der Waals surface area (Å²) in [7, 11) is 0. The molecule has 1 aliphatic rings. The van der Waals surface area contributed by atoms with Gasteiger partial charge < -0.3 is 9.42 Å². The average Bonchev–Trinajstić information content (AvgIpc) is 3.25. The van der Waals surface area contributed by atoms with Gasteiger partial charge >= 0.3 is 0 Å². The van der Waals surface area contributed by atoms with Crippen LogP contribution in [0.3, 0.4) is 0 Å². The molecule has 1 fully saturated rings. The third-order valence-corrected chi connectivity index (χ3v) is 5.11. The Labute approximate surface area is 163 Å². The zero-order chi connectivity index (χ0) is 19.4. The summed E-state index contributed by atoms with van der Waals surface area (Å²) in [6, 6.07) is 19.1. The molecule has 1 atom stereocenters. The van der Waals surface area contributed by atoms with Crippen LogP contribution in [-0.4, -0.2) is 34.0 Å². The van der Waals surface area contributed by atoms with Crippen molar-refractivity contribution >= 4 is 5.91 Å². The number of hydrogen-bond donors (Lipinski definition) is 0. The van der Waals surface area contributed by atoms with Gasteiger partial charge in [-0.05, 0) is 24.8 Å². The number of benzene rings is 2. The average molecular weight is 379 g/mol. The maximum absolute atomic E-state index is 15.6. The zero-order valence-corrected chi connectivity index (χ0v) is 15.6. The summed E-state index contributed by atoms with van der Waals surface area (Å²) in [5.74, 6) is 0.264. The molecule has 1 aromatic heterocycles. The molecule has 1 saturated heterocycles. The quantitative estimate of drug-likeness (QED) is 0.668. The van der Waals surface area contributed by atoms with E-state index in [1.54, 1.807) is 4.90 Å². The Balaban J connectivity index is 1.44. The van der Waals surface area contributed by atoms with Crippen LogP contribution in [0.4, 0.5) is 4.39 Å². The van der Waals surface area contributed by atoms with E-state index in [9.17, 15) is 4.79 Å². The van der Waals surface area contributed by atoms with Gasteiger partial charge in [0.1, 0.15) is 0 Å². The number of amides is 1. The third kappa shape index (κ3) is 3.96. The molecule has 1 aliphatic heterocycles. The number of aromatic nitrogens is 2. The number of aryl methyl sites for hydroxylation is 1. The van der Waals surface area contributed by atoms with Crippen LogP contribution in [0, 0.1) is 0 Å². The normalized spacial score (nSPS) is 19.5. The van der Waals surface area contributed by atoms with Crippen LogP contribution in [0.15, 0.2) is 65.2 Å². The molecule has 2 heterocycles. The van der Waals surface area contributed by atoms with Gasteiger partial charge in [-0.2, -0.15) is 4.98 Å². The van der Waals surface area contributed by atoms with Crippen LogP contribution in [0.1, 0.15) is 30.7 Å². The molecule has 28 heavy (non-hydrogen) atoms. The number of hydrogen-bond acceptors (Lipinski definition) is 4. The highest BCUT2D eigenvalue weighted by Gasteiger charge is 2.43. The second kappa shape index (κ2) is 7.92. The van der Waals surface area contributed by atoms with Crippen LogP contribution in [0.25, 0.3) is 11.4 Å². The summed E-state index contributed by atoms with van der Waals surface area (Å²) in [4.78, 5) is 18.5. The van der Waals surface area contributed by atoms with Crippen molar-refractivity contribution in [1.82, 2.24) is 15.0 Å². The lowest BCUT2D eigenvalue weighted by Gasteiger charge is -2.35. The van der Waals surface area contributed by atoms with Crippen molar-refractivity contribution in [2.45, 2.75) is 31.4 Å². The van der Waals surface area contributed by atoms with Crippen LogP contribution >= 0.6 is 0 Å². The predicted octanol–water partition coefficient (Wildman–Crippen LogP) is 4.16. The molecular formula is C22H22FN3O2. The molecule has 6 heteroatoms. The molecule has 0 saturated carbocycles. The largest absolute Gasteiger partial charge is 0.339 e. The fourth-order valence-corrected chi connectivity index (χ4v) is 3.56. The molecular weight excluding hydrogens is 357 g/mol. The SMILES string of the molecule is O=C(CCc1ccccc1)N1CCCC(F)(c2nc(-c3ccccc3)no2)C1. The van der Waals surface area contributed by atoms with Gasteiger partial charge in [0.05, 0.1) is 6.54 Å². The van der Waals surface area contributed by atoms with E-state index >= 15 is 4.39 Å². The highest BCUT2D eigenvalue weighted by molar-refractivity contribution is 5.76. The molecule has 5 nitrogen and oxygen atoms in total. The van der Waals surface area contributed by atoms with Crippen molar-refractivity contribution in [3.63, 3.8) is 0 Å². The Kier molecular flexibility index (Phi) is 5.19. The number of nitrogens with zero attached hydrogens (tertiary/aromatic N) is 3. The minimum Gasteiger partial charge on any atom is -0.339 e. The Hall–Kier alpha value is -3.02. The van der Waals surface area contributed by atoms with Crippen molar-refractivity contribution in [3.8, 4) is 11.4 Å². The Morgan fingerprint density at radius 1 is 1.11 bits per heavy atom. The lowest BCUT2D eigenvalue weighted by molar-refractivity contribution is -0.136. The van der Waals surface area contributed by atoms with E-state index in [0.717, 1.165) is 11.1 Å². The first-order valence-corrected chi connectivity index (χ1v) is 9.54. The van der Waals surface area contributed by atoms with E-state index in [1.165, 1.54) is 0 Å². The summed E-state index contributed by atoms with van der Waals surface area (Å²) < 4.78 is 20.9. The van der Waals surface area contributed by atoms with Gasteiger partial charge in [0.15, 0.2) is 0 Å². The number of carbonyl (C=O) groups excluding carboxylic acids is 1. The maximum atomic E-state index is 15.6. The Morgan fingerprint density at radius 2 is 1.82 bits per heavy atom. The molecule has 144 valence electrons. The van der Waals surface area contributed by atoms with Crippen LogP contribution in [0.2, 0.25) is 0 Å². The van der Waals surface area contributed by atoms with E-state index < -0.39 is 5.67 Å². The van der Waals surface area contributed by atoms with Gasteiger partial charge in [-0.25, -0.2) is 4.39 Å². The minimum atomic E-state index is -1.80. The van der Waals surface area contributed by atoms with Gasteiger partial charge in [0.25, 0.3) is 5.89 Å². The first-order valence-electron chi connectivity index (χ1n) is 9.54. The van der Waals surface area contributed by atoms with Crippen molar-refractivity contribution in [1.29, 1.82) is 0 Å². The molecule has 0 bridgehead atoms. The second-order valence-electron chi connectivity index (χ2n) is 7.16. The third-order valence-electron chi connectivity index (χ3n) is 5.11. The zero-order valence-electron chi connectivity index (χ0n) is 15.6. The minimum absolute atomic E-state index is 0.0446. The molecule has 2 aromatic carbocycles. The lowest BCUT2D eigenvalue weighted by Crippen LogP contribution is -2.46.